The summed E-state index contributed by atoms with van der Waals surface area (Å²) < 4.78 is 21.5. The summed E-state index contributed by atoms with van der Waals surface area (Å²) in [6.07, 6.45) is -2.33. The van der Waals surface area contributed by atoms with Gasteiger partial charge in [-0.2, -0.15) is 4.98 Å². The number of rotatable bonds is 13. The molecule has 262 valence electrons. The Morgan fingerprint density at radius 3 is 1.96 bits per heavy atom. The van der Waals surface area contributed by atoms with Gasteiger partial charge in [-0.3, -0.25) is 4.79 Å². The van der Waals surface area contributed by atoms with Crippen molar-refractivity contribution in [1.82, 2.24) is 26.1 Å². The lowest BCUT2D eigenvalue weighted by Gasteiger charge is -2.37. The molecule has 1 fully saturated rings. The Bertz CT molecular complexity index is 1660. The molecule has 0 bridgehead atoms. The van der Waals surface area contributed by atoms with Crippen molar-refractivity contribution < 1.29 is 37.9 Å². The molecule has 0 spiro atoms. The number of nitrogens with one attached hydrogen (secondary N) is 3. The minimum atomic E-state index is -1.20. The number of ether oxygens (including phenoxy) is 3. The van der Waals surface area contributed by atoms with Crippen molar-refractivity contribution in [1.29, 1.82) is 0 Å². The van der Waals surface area contributed by atoms with Gasteiger partial charge in [0.05, 0.1) is 25.2 Å². The fourth-order valence-electron chi connectivity index (χ4n) is 5.56. The van der Waals surface area contributed by atoms with Crippen molar-refractivity contribution in [3.05, 3.63) is 119 Å². The lowest BCUT2D eigenvalue weighted by molar-refractivity contribution is -0.139. The predicted molar refractivity (Wildman–Crippen MR) is 179 cm³/mol. The molecular formula is C36H40N6O8. The molecule has 0 saturated carbocycles. The highest BCUT2D eigenvalue weighted by Gasteiger charge is 2.39. The van der Waals surface area contributed by atoms with Crippen LogP contribution in [0.1, 0.15) is 74.2 Å². The maximum absolute atomic E-state index is 14.3. The van der Waals surface area contributed by atoms with E-state index in [0.29, 0.717) is 0 Å². The number of benzene rings is 3. The number of urea groups is 1. The van der Waals surface area contributed by atoms with Crippen molar-refractivity contribution in [2.24, 2.45) is 5.73 Å². The SMILES string of the molecule is CC(C)(C)OC[C@H](OC(N)=O)c1noc([C@H](CC(=O)NC(c2ccccc2)(c2ccccc2)c2ccccc2)NC(=O)N[C@H]2CCOC2=O)n1. The first kappa shape index (κ1) is 35.5. The van der Waals surface area contributed by atoms with Crippen LogP contribution in [-0.2, 0) is 29.3 Å². The largest absolute Gasteiger partial charge is 0.464 e. The van der Waals surface area contributed by atoms with Crippen molar-refractivity contribution in [2.75, 3.05) is 13.2 Å². The van der Waals surface area contributed by atoms with E-state index in [4.69, 9.17) is 24.5 Å². The Balaban J connectivity index is 1.49. The van der Waals surface area contributed by atoms with Gasteiger partial charge in [-0.25, -0.2) is 14.4 Å². The van der Waals surface area contributed by atoms with Gasteiger partial charge < -0.3 is 40.4 Å². The van der Waals surface area contributed by atoms with Crippen molar-refractivity contribution in [3.8, 4) is 0 Å². The molecule has 14 heteroatoms. The zero-order chi connectivity index (χ0) is 35.7. The number of nitrogens with two attached hydrogens (primary N) is 1. The van der Waals surface area contributed by atoms with Crippen LogP contribution in [0.4, 0.5) is 9.59 Å². The molecule has 5 rings (SSSR count). The van der Waals surface area contributed by atoms with E-state index in [9.17, 15) is 19.2 Å². The van der Waals surface area contributed by atoms with E-state index in [1.54, 1.807) is 0 Å². The van der Waals surface area contributed by atoms with Crippen LogP contribution in [0, 0.1) is 0 Å². The second-order valence-corrected chi connectivity index (χ2v) is 12.6. The summed E-state index contributed by atoms with van der Waals surface area (Å²) in [7, 11) is 0. The van der Waals surface area contributed by atoms with Gasteiger partial charge in [0.25, 0.3) is 0 Å². The maximum Gasteiger partial charge on any atom is 0.405 e. The highest BCUT2D eigenvalue weighted by atomic mass is 16.6. The zero-order valence-electron chi connectivity index (χ0n) is 28.0. The number of aromatic nitrogens is 2. The van der Waals surface area contributed by atoms with E-state index < -0.39 is 53.3 Å². The summed E-state index contributed by atoms with van der Waals surface area (Å²) in [6, 6.07) is 25.7. The van der Waals surface area contributed by atoms with Crippen LogP contribution < -0.4 is 21.7 Å². The molecule has 0 aliphatic carbocycles. The summed E-state index contributed by atoms with van der Waals surface area (Å²) in [4.78, 5) is 55.7. The summed E-state index contributed by atoms with van der Waals surface area (Å²) in [5.74, 6) is -1.33. The summed E-state index contributed by atoms with van der Waals surface area (Å²) in [6.45, 7) is 5.46. The number of cyclic esters (lactones) is 1. The van der Waals surface area contributed by atoms with Crippen molar-refractivity contribution >= 4 is 24.0 Å². The Morgan fingerprint density at radius 2 is 1.48 bits per heavy atom. The first-order chi connectivity index (χ1) is 23.9. The van der Waals surface area contributed by atoms with Gasteiger partial charge in [0.1, 0.15) is 17.6 Å². The third kappa shape index (κ3) is 8.82. The van der Waals surface area contributed by atoms with E-state index in [-0.39, 0.29) is 37.8 Å². The first-order valence-corrected chi connectivity index (χ1v) is 16.1. The van der Waals surface area contributed by atoms with Crippen LogP contribution in [0.5, 0.6) is 0 Å². The molecule has 5 N–H and O–H groups in total. The number of hydrogen-bond acceptors (Lipinski definition) is 10. The molecule has 0 radical (unpaired) electrons. The molecule has 4 amide bonds. The molecular weight excluding hydrogens is 644 g/mol. The van der Waals surface area contributed by atoms with Gasteiger partial charge in [-0.1, -0.05) is 96.2 Å². The fraction of sp³-hybridized carbons (Fsp3) is 0.333. The molecule has 2 heterocycles. The fourth-order valence-corrected chi connectivity index (χ4v) is 5.56. The molecule has 3 atom stereocenters. The molecule has 1 aliphatic rings. The number of primary amides is 1. The number of nitrogens with zero attached hydrogens (tertiary/aromatic N) is 2. The lowest BCUT2D eigenvalue weighted by Crippen LogP contribution is -2.50. The topological polar surface area (TPSA) is 197 Å². The van der Waals surface area contributed by atoms with Gasteiger partial charge in [0.2, 0.25) is 17.6 Å². The molecule has 1 saturated heterocycles. The highest BCUT2D eigenvalue weighted by Crippen LogP contribution is 2.37. The molecule has 0 unspecified atom stereocenters. The minimum Gasteiger partial charge on any atom is -0.464 e. The van der Waals surface area contributed by atoms with E-state index in [0.717, 1.165) is 16.7 Å². The van der Waals surface area contributed by atoms with Gasteiger partial charge in [-0.15, -0.1) is 0 Å². The van der Waals surface area contributed by atoms with E-state index in [2.05, 4.69) is 26.1 Å². The van der Waals surface area contributed by atoms with E-state index in [1.165, 1.54) is 0 Å². The van der Waals surface area contributed by atoms with Gasteiger partial charge in [-0.05, 0) is 37.5 Å². The van der Waals surface area contributed by atoms with Crippen LogP contribution in [0.2, 0.25) is 0 Å². The van der Waals surface area contributed by atoms with E-state index in [1.807, 2.05) is 112 Å². The minimum absolute atomic E-state index is 0.0951. The zero-order valence-corrected chi connectivity index (χ0v) is 28.0. The number of amides is 4. The van der Waals surface area contributed by atoms with Crippen molar-refractivity contribution in [2.45, 2.75) is 62.9 Å². The number of carbonyl (C=O) groups is 4. The monoisotopic (exact) mass is 684 g/mol. The highest BCUT2D eigenvalue weighted by molar-refractivity contribution is 5.85. The molecule has 1 aliphatic heterocycles. The van der Waals surface area contributed by atoms with Gasteiger partial charge in [0, 0.05) is 6.42 Å². The van der Waals surface area contributed by atoms with Crippen LogP contribution in [0.15, 0.2) is 95.5 Å². The standard InChI is InChI=1S/C36H40N6O8/c1-35(2,3)48-22-28(49-33(37)45)30-40-31(50-42-30)27(39-34(46)38-26-19-20-47-32(26)44)21-29(43)41-36(23-13-7-4-8-14-23,24-15-9-5-10-16-24)25-17-11-6-12-18-25/h4-18,26-28H,19-22H2,1-3H3,(H2,37,45)(H,41,43)(H2,38,39,46)/t26-,27-,28-/m0/s1. The third-order valence-corrected chi connectivity index (χ3v) is 7.85. The Morgan fingerprint density at radius 1 is 0.920 bits per heavy atom. The third-order valence-electron chi connectivity index (χ3n) is 7.85. The number of hydrogen-bond donors (Lipinski definition) is 4. The van der Waals surface area contributed by atoms with Crippen LogP contribution >= 0.6 is 0 Å². The average Bonchev–Trinajstić information content (AvgIpc) is 3.75. The van der Waals surface area contributed by atoms with Crippen LogP contribution in [-0.4, -0.2) is 59.0 Å². The molecule has 50 heavy (non-hydrogen) atoms. The first-order valence-electron chi connectivity index (χ1n) is 16.1. The lowest BCUT2D eigenvalue weighted by atomic mass is 9.77. The van der Waals surface area contributed by atoms with Crippen LogP contribution in [0.3, 0.4) is 0 Å². The van der Waals surface area contributed by atoms with Crippen molar-refractivity contribution in [3.63, 3.8) is 0 Å². The Labute approximate surface area is 289 Å². The predicted octanol–water partition coefficient (Wildman–Crippen LogP) is 4.18. The normalized spacial score (nSPS) is 15.7. The Hall–Kier alpha value is -5.76. The molecule has 4 aromatic rings. The smallest absolute Gasteiger partial charge is 0.405 e. The molecule has 1 aromatic heterocycles. The second kappa shape index (κ2) is 15.6. The molecule has 3 aromatic carbocycles. The van der Waals surface area contributed by atoms with E-state index >= 15 is 0 Å². The summed E-state index contributed by atoms with van der Waals surface area (Å²) in [5, 5.41) is 12.5. The van der Waals surface area contributed by atoms with Crippen LogP contribution in [0.25, 0.3) is 0 Å². The second-order valence-electron chi connectivity index (χ2n) is 12.6. The average molecular weight is 685 g/mol. The van der Waals surface area contributed by atoms with Gasteiger partial charge >= 0.3 is 18.1 Å². The summed E-state index contributed by atoms with van der Waals surface area (Å²) in [5.41, 5.74) is 5.92. The summed E-state index contributed by atoms with van der Waals surface area (Å²) >= 11 is 0. The maximum atomic E-state index is 14.3. The Kier molecular flexibility index (Phi) is 11.1. The molecule has 14 nitrogen and oxygen atoms in total. The quantitative estimate of drug-likeness (QED) is 0.117. The number of esters is 1. The number of carbonyl (C=O) groups excluding carboxylic acids is 4. The van der Waals surface area contributed by atoms with Gasteiger partial charge in [0.15, 0.2) is 6.10 Å².